The summed E-state index contributed by atoms with van der Waals surface area (Å²) in [5, 5.41) is 0. The van der Waals surface area contributed by atoms with Crippen LogP contribution in [0.25, 0.3) is 0 Å². The van der Waals surface area contributed by atoms with Gasteiger partial charge in [0.2, 0.25) is 0 Å². The Bertz CT molecular complexity index is 499. The lowest BCUT2D eigenvalue weighted by molar-refractivity contribution is -0.146. The number of thioether (sulfide) groups is 1. The molecule has 0 saturated carbocycles. The number of hydrogen-bond acceptors (Lipinski definition) is 4. The molecule has 0 aliphatic rings. The minimum atomic E-state index is -0.745. The zero-order valence-corrected chi connectivity index (χ0v) is 14.8. The van der Waals surface area contributed by atoms with Crippen LogP contribution in [0.4, 0.5) is 0 Å². The van der Waals surface area contributed by atoms with Crippen molar-refractivity contribution in [3.8, 4) is 0 Å². The average molecular weight is 334 g/mol. The Balaban J connectivity index is 2.66. The van der Waals surface area contributed by atoms with E-state index in [0.717, 1.165) is 31.1 Å². The molecule has 1 aromatic carbocycles. The lowest BCUT2D eigenvalue weighted by Crippen LogP contribution is -2.32. The van der Waals surface area contributed by atoms with Crippen molar-refractivity contribution in [2.24, 2.45) is 0 Å². The highest BCUT2D eigenvalue weighted by Gasteiger charge is 2.32. The molecule has 0 unspecified atom stereocenters. The van der Waals surface area contributed by atoms with Crippen LogP contribution in [0.2, 0.25) is 0 Å². The Morgan fingerprint density at radius 2 is 2.00 bits per heavy atom. The summed E-state index contributed by atoms with van der Waals surface area (Å²) in [5.74, 6) is 0.350. The number of allylic oxidation sites excluding steroid dienone is 1. The molecule has 0 amide bonds. The molecule has 1 aromatic rings. The fourth-order valence-corrected chi connectivity index (χ4v) is 3.00. The smallest absolute Gasteiger partial charge is 0.326 e. The number of hydrogen-bond donors (Lipinski definition) is 0. The lowest BCUT2D eigenvalue weighted by atomic mass is 10.1. The first-order valence-electron chi connectivity index (χ1n) is 8.09. The second kappa shape index (κ2) is 11.1. The van der Waals surface area contributed by atoms with E-state index in [-0.39, 0.29) is 12.6 Å². The molecule has 126 valence electrons. The summed E-state index contributed by atoms with van der Waals surface area (Å²) >= 11 is 1.46. The maximum absolute atomic E-state index is 12.5. The first kappa shape index (κ1) is 19.5. The third kappa shape index (κ3) is 7.51. The second-order valence-electron chi connectivity index (χ2n) is 5.52. The van der Waals surface area contributed by atoms with Crippen LogP contribution in [0.15, 0.2) is 42.5 Å². The van der Waals surface area contributed by atoms with Crippen LogP contribution in [-0.2, 0) is 20.9 Å². The van der Waals surface area contributed by atoms with Gasteiger partial charge in [0.1, 0.15) is 17.6 Å². The summed E-state index contributed by atoms with van der Waals surface area (Å²) in [4.78, 5) is 23.0. The normalized spacial score (nSPS) is 13.7. The number of carbonyl (C=O) groups is 2. The molecule has 23 heavy (non-hydrogen) atoms. The predicted octanol–water partition coefficient (Wildman–Crippen LogP) is 4.56. The number of benzene rings is 1. The molecule has 0 aliphatic carbocycles. The van der Waals surface area contributed by atoms with Crippen molar-refractivity contribution in [2.75, 3.05) is 5.75 Å². The third-order valence-electron chi connectivity index (χ3n) is 3.42. The molecule has 0 aromatic heterocycles. The number of unbranched alkanes of at least 4 members (excludes halogenated alkanes) is 2. The minimum absolute atomic E-state index is 0.259. The van der Waals surface area contributed by atoms with Crippen molar-refractivity contribution in [2.45, 2.75) is 50.9 Å². The van der Waals surface area contributed by atoms with Crippen molar-refractivity contribution in [1.82, 2.24) is 0 Å². The fraction of sp³-hybridized carbons (Fsp3) is 0.474. The largest absolute Gasteiger partial charge is 0.460 e. The Hall–Kier alpha value is -1.55. The predicted molar refractivity (Wildman–Crippen MR) is 96.4 cm³/mol. The van der Waals surface area contributed by atoms with Gasteiger partial charge in [-0.3, -0.25) is 4.79 Å². The highest BCUT2D eigenvalue weighted by atomic mass is 32.2. The van der Waals surface area contributed by atoms with Gasteiger partial charge in [0, 0.05) is 12.2 Å². The summed E-state index contributed by atoms with van der Waals surface area (Å²) in [6.45, 7) is 4.27. The van der Waals surface area contributed by atoms with Gasteiger partial charge in [-0.05, 0) is 18.9 Å². The molecular formula is C19H26O3S. The van der Waals surface area contributed by atoms with Crippen molar-refractivity contribution in [3.63, 3.8) is 0 Å². The Kier molecular flexibility index (Phi) is 9.37. The summed E-state index contributed by atoms with van der Waals surface area (Å²) in [7, 11) is 0. The zero-order valence-electron chi connectivity index (χ0n) is 14.0. The van der Waals surface area contributed by atoms with E-state index in [4.69, 9.17) is 4.74 Å². The number of carbonyl (C=O) groups excluding carboxylic acids is 2. The van der Waals surface area contributed by atoms with E-state index in [1.807, 2.05) is 49.4 Å². The van der Waals surface area contributed by atoms with Crippen molar-refractivity contribution < 1.29 is 14.3 Å². The van der Waals surface area contributed by atoms with Crippen LogP contribution in [-0.4, -0.2) is 22.8 Å². The van der Waals surface area contributed by atoms with E-state index in [9.17, 15) is 9.59 Å². The first-order valence-corrected chi connectivity index (χ1v) is 9.07. The SMILES string of the molecule is CCCCC=C[C@@](C)(SCCC=O)C(=O)OCc1ccccc1. The molecule has 0 radical (unpaired) electrons. The van der Waals surface area contributed by atoms with Gasteiger partial charge in [-0.25, -0.2) is 0 Å². The zero-order chi connectivity index (χ0) is 17.0. The summed E-state index contributed by atoms with van der Waals surface area (Å²) in [6, 6.07) is 9.64. The average Bonchev–Trinajstić information content (AvgIpc) is 2.58. The van der Waals surface area contributed by atoms with Gasteiger partial charge in [0.15, 0.2) is 0 Å². The van der Waals surface area contributed by atoms with Gasteiger partial charge in [-0.15, -0.1) is 11.8 Å². The standard InChI is InChI=1S/C19H26O3S/c1-3-4-5-9-13-19(2,23-15-10-14-20)18(21)22-16-17-11-7-6-8-12-17/h6-9,11-14H,3-5,10,15-16H2,1-2H3/t19-/m1/s1. The molecule has 0 heterocycles. The van der Waals surface area contributed by atoms with Crippen molar-refractivity contribution in [1.29, 1.82) is 0 Å². The molecule has 0 spiro atoms. The molecule has 3 nitrogen and oxygen atoms in total. The quantitative estimate of drug-likeness (QED) is 0.257. The topological polar surface area (TPSA) is 43.4 Å². The highest BCUT2D eigenvalue weighted by molar-refractivity contribution is 8.01. The number of rotatable bonds is 11. The monoisotopic (exact) mass is 334 g/mol. The number of ether oxygens (including phenoxy) is 1. The maximum atomic E-state index is 12.5. The Morgan fingerprint density at radius 3 is 2.65 bits per heavy atom. The Labute approximate surface area is 143 Å². The third-order valence-corrected chi connectivity index (χ3v) is 4.76. The van der Waals surface area contributed by atoms with Gasteiger partial charge >= 0.3 is 5.97 Å². The fourth-order valence-electron chi connectivity index (χ4n) is 1.99. The highest BCUT2D eigenvalue weighted by Crippen LogP contribution is 2.29. The van der Waals surface area contributed by atoms with E-state index in [2.05, 4.69) is 6.92 Å². The van der Waals surface area contributed by atoms with Crippen molar-refractivity contribution >= 4 is 24.0 Å². The van der Waals surface area contributed by atoms with Crippen LogP contribution >= 0.6 is 11.8 Å². The summed E-state index contributed by atoms with van der Waals surface area (Å²) in [5.41, 5.74) is 0.969. The maximum Gasteiger partial charge on any atom is 0.326 e. The molecule has 0 saturated heterocycles. The van der Waals surface area contributed by atoms with Gasteiger partial charge in [-0.2, -0.15) is 0 Å². The van der Waals surface area contributed by atoms with Crippen LogP contribution in [0, 0.1) is 0 Å². The van der Waals surface area contributed by atoms with E-state index in [0.29, 0.717) is 12.2 Å². The van der Waals surface area contributed by atoms with E-state index < -0.39 is 4.75 Å². The molecule has 1 rings (SSSR count). The molecule has 0 N–H and O–H groups in total. The van der Waals surface area contributed by atoms with Crippen molar-refractivity contribution in [3.05, 3.63) is 48.0 Å². The van der Waals surface area contributed by atoms with Crippen LogP contribution < -0.4 is 0 Å². The lowest BCUT2D eigenvalue weighted by Gasteiger charge is -2.23. The van der Waals surface area contributed by atoms with Gasteiger partial charge < -0.3 is 9.53 Å². The molecule has 4 heteroatoms. The molecule has 0 aliphatic heterocycles. The summed E-state index contributed by atoms with van der Waals surface area (Å²) in [6.07, 6.45) is 8.46. The molecule has 0 bridgehead atoms. The Morgan fingerprint density at radius 1 is 1.26 bits per heavy atom. The summed E-state index contributed by atoms with van der Waals surface area (Å²) < 4.78 is 4.74. The first-order chi connectivity index (χ1) is 11.1. The number of aldehydes is 1. The second-order valence-corrected chi connectivity index (χ2v) is 7.06. The van der Waals surface area contributed by atoms with Crippen LogP contribution in [0.1, 0.15) is 45.1 Å². The molecule has 0 fully saturated rings. The minimum Gasteiger partial charge on any atom is -0.460 e. The molecular weight excluding hydrogens is 308 g/mol. The van der Waals surface area contributed by atoms with E-state index in [1.165, 1.54) is 11.8 Å². The van der Waals surface area contributed by atoms with E-state index in [1.54, 1.807) is 0 Å². The molecule has 1 atom stereocenters. The van der Waals surface area contributed by atoms with Crippen LogP contribution in [0.5, 0.6) is 0 Å². The van der Waals surface area contributed by atoms with Crippen LogP contribution in [0.3, 0.4) is 0 Å². The number of esters is 1. The van der Waals surface area contributed by atoms with Gasteiger partial charge in [0.05, 0.1) is 0 Å². The van der Waals surface area contributed by atoms with Gasteiger partial charge in [-0.1, -0.05) is 62.2 Å². The van der Waals surface area contributed by atoms with E-state index >= 15 is 0 Å². The van der Waals surface area contributed by atoms with Gasteiger partial charge in [0.25, 0.3) is 0 Å².